The van der Waals surface area contributed by atoms with Crippen LogP contribution in [0.1, 0.15) is 56.2 Å². The van der Waals surface area contributed by atoms with E-state index in [0.717, 1.165) is 53.8 Å². The van der Waals surface area contributed by atoms with Crippen LogP contribution >= 0.6 is 23.8 Å². The zero-order valence-electron chi connectivity index (χ0n) is 18.6. The van der Waals surface area contributed by atoms with Gasteiger partial charge in [0.25, 0.3) is 5.89 Å². The molecule has 4 rings (SSSR count). The van der Waals surface area contributed by atoms with Crippen LogP contribution in [0.4, 0.5) is 0 Å². The van der Waals surface area contributed by atoms with Crippen molar-refractivity contribution in [2.24, 2.45) is 0 Å². The molecular formula is C25H27ClN4OS. The molecule has 1 aliphatic heterocycles. The van der Waals surface area contributed by atoms with Crippen LogP contribution < -0.4 is 5.32 Å². The van der Waals surface area contributed by atoms with Crippen molar-refractivity contribution in [2.75, 3.05) is 6.54 Å². The third kappa shape index (κ3) is 4.71. The Kier molecular flexibility index (Phi) is 6.92. The van der Waals surface area contributed by atoms with Crippen molar-refractivity contribution >= 4 is 34.5 Å². The molecule has 0 saturated heterocycles. The normalized spacial score (nSPS) is 16.4. The fourth-order valence-corrected chi connectivity index (χ4v) is 4.46. The second kappa shape index (κ2) is 9.84. The van der Waals surface area contributed by atoms with Crippen molar-refractivity contribution in [3.8, 4) is 11.4 Å². The van der Waals surface area contributed by atoms with E-state index in [4.69, 9.17) is 33.3 Å². The van der Waals surface area contributed by atoms with Gasteiger partial charge < -0.3 is 14.7 Å². The second-order valence-electron chi connectivity index (χ2n) is 8.08. The highest BCUT2D eigenvalue weighted by molar-refractivity contribution is 7.80. The van der Waals surface area contributed by atoms with E-state index in [-0.39, 0.29) is 6.04 Å². The maximum absolute atomic E-state index is 6.13. The summed E-state index contributed by atoms with van der Waals surface area (Å²) in [6, 6.07) is 15.7. The lowest BCUT2D eigenvalue weighted by atomic mass is 9.94. The Morgan fingerprint density at radius 1 is 1.12 bits per heavy atom. The largest absolute Gasteiger partial charge is 0.351 e. The average Bonchev–Trinajstić information content (AvgIpc) is 3.26. The van der Waals surface area contributed by atoms with Crippen LogP contribution in [0.2, 0.25) is 5.02 Å². The minimum atomic E-state index is -0.201. The summed E-state index contributed by atoms with van der Waals surface area (Å²) in [6.45, 7) is 7.17. The van der Waals surface area contributed by atoms with Crippen LogP contribution in [0, 0.1) is 6.92 Å². The van der Waals surface area contributed by atoms with Crippen molar-refractivity contribution in [3.05, 3.63) is 76.3 Å². The quantitative estimate of drug-likeness (QED) is 0.314. The monoisotopic (exact) mass is 466 g/mol. The molecule has 0 fully saturated rings. The summed E-state index contributed by atoms with van der Waals surface area (Å²) in [7, 11) is 0. The summed E-state index contributed by atoms with van der Waals surface area (Å²) in [4.78, 5) is 6.92. The number of thiocarbonyl (C=S) groups is 1. The predicted molar refractivity (Wildman–Crippen MR) is 133 cm³/mol. The van der Waals surface area contributed by atoms with Gasteiger partial charge in [-0.25, -0.2) is 0 Å². The van der Waals surface area contributed by atoms with Gasteiger partial charge in [0.2, 0.25) is 5.82 Å². The van der Waals surface area contributed by atoms with E-state index in [1.165, 1.54) is 0 Å². The second-order valence-corrected chi connectivity index (χ2v) is 8.91. The molecule has 0 bridgehead atoms. The molecule has 5 nitrogen and oxygen atoms in total. The molecule has 2 heterocycles. The number of hydrogen-bond donors (Lipinski definition) is 1. The minimum absolute atomic E-state index is 0.201. The lowest BCUT2D eigenvalue weighted by Gasteiger charge is -2.37. The van der Waals surface area contributed by atoms with Gasteiger partial charge in [-0.3, -0.25) is 0 Å². The van der Waals surface area contributed by atoms with Gasteiger partial charge in [-0.15, -0.1) is 0 Å². The van der Waals surface area contributed by atoms with E-state index in [2.05, 4.69) is 35.3 Å². The number of halogens is 1. The number of nitrogens with zero attached hydrogens (tertiary/aromatic N) is 3. The van der Waals surface area contributed by atoms with E-state index < -0.39 is 0 Å². The molecule has 1 aliphatic rings. The van der Waals surface area contributed by atoms with Gasteiger partial charge in [0.05, 0.1) is 11.6 Å². The summed E-state index contributed by atoms with van der Waals surface area (Å²) in [5.41, 5.74) is 5.08. The zero-order chi connectivity index (χ0) is 22.7. The zero-order valence-corrected chi connectivity index (χ0v) is 20.1. The molecule has 7 heteroatoms. The minimum Gasteiger partial charge on any atom is -0.351 e. The fourth-order valence-electron chi connectivity index (χ4n) is 3.99. The molecule has 2 aromatic carbocycles. The topological polar surface area (TPSA) is 54.2 Å². The molecule has 3 aromatic rings. The Labute approximate surface area is 199 Å². The Bertz CT molecular complexity index is 1140. The first-order valence-electron chi connectivity index (χ1n) is 10.9. The highest BCUT2D eigenvalue weighted by Crippen LogP contribution is 2.37. The third-order valence-corrected chi connectivity index (χ3v) is 6.31. The van der Waals surface area contributed by atoms with Crippen LogP contribution in [0.15, 0.2) is 58.8 Å². The van der Waals surface area contributed by atoms with Crippen LogP contribution in [0.5, 0.6) is 0 Å². The van der Waals surface area contributed by atoms with Crippen LogP contribution in [-0.4, -0.2) is 26.7 Å². The predicted octanol–water partition coefficient (Wildman–Crippen LogP) is 6.55. The van der Waals surface area contributed by atoms with Crippen molar-refractivity contribution in [1.29, 1.82) is 0 Å². The summed E-state index contributed by atoms with van der Waals surface area (Å²) >= 11 is 11.9. The van der Waals surface area contributed by atoms with Gasteiger partial charge in [-0.05, 0) is 56.2 Å². The lowest BCUT2D eigenvalue weighted by Crippen LogP contribution is -2.46. The Morgan fingerprint density at radius 3 is 2.62 bits per heavy atom. The van der Waals surface area contributed by atoms with Gasteiger partial charge in [-0.2, -0.15) is 4.98 Å². The summed E-state index contributed by atoms with van der Waals surface area (Å²) in [6.07, 6.45) is 3.37. The van der Waals surface area contributed by atoms with E-state index in [1.807, 2.05) is 49.4 Å². The van der Waals surface area contributed by atoms with Gasteiger partial charge in [-0.1, -0.05) is 72.4 Å². The van der Waals surface area contributed by atoms with Crippen LogP contribution in [0.3, 0.4) is 0 Å². The van der Waals surface area contributed by atoms with Crippen molar-refractivity contribution in [1.82, 2.24) is 20.4 Å². The number of unbranched alkanes of at least 4 members (excludes halogenated alkanes) is 2. The van der Waals surface area contributed by atoms with Crippen molar-refractivity contribution < 1.29 is 4.52 Å². The molecule has 166 valence electrons. The molecule has 32 heavy (non-hydrogen) atoms. The van der Waals surface area contributed by atoms with Crippen molar-refractivity contribution in [3.63, 3.8) is 0 Å². The maximum atomic E-state index is 6.13. The molecule has 0 aliphatic carbocycles. The van der Waals surface area contributed by atoms with Crippen LogP contribution in [0.25, 0.3) is 17.0 Å². The molecule has 0 spiro atoms. The highest BCUT2D eigenvalue weighted by Gasteiger charge is 2.33. The number of allylic oxidation sites excluding steroid dienone is 1. The van der Waals surface area contributed by atoms with Gasteiger partial charge in [0, 0.05) is 22.8 Å². The SMILES string of the molecule is CCCCCN1C(=S)NC(c2ccc(Cl)cc2)C(c2nc(-c3cccc(C)c3)no2)=C1C. The summed E-state index contributed by atoms with van der Waals surface area (Å²) in [5, 5.41) is 9.17. The Morgan fingerprint density at radius 2 is 1.91 bits per heavy atom. The Hall–Kier alpha value is -2.70. The third-order valence-electron chi connectivity index (χ3n) is 5.72. The van der Waals surface area contributed by atoms with E-state index in [0.29, 0.717) is 21.9 Å². The first-order valence-corrected chi connectivity index (χ1v) is 11.7. The number of benzene rings is 2. The van der Waals surface area contributed by atoms with E-state index in [1.54, 1.807) is 0 Å². The van der Waals surface area contributed by atoms with Gasteiger partial charge in [0.1, 0.15) is 0 Å². The number of rotatable bonds is 7. The lowest BCUT2D eigenvalue weighted by molar-refractivity contribution is 0.395. The molecule has 1 N–H and O–H groups in total. The molecule has 0 amide bonds. The van der Waals surface area contributed by atoms with E-state index >= 15 is 0 Å². The van der Waals surface area contributed by atoms with E-state index in [9.17, 15) is 0 Å². The van der Waals surface area contributed by atoms with Crippen molar-refractivity contribution in [2.45, 2.75) is 46.1 Å². The van der Waals surface area contributed by atoms with Gasteiger partial charge in [0.15, 0.2) is 5.11 Å². The smallest absolute Gasteiger partial charge is 0.258 e. The molecule has 0 radical (unpaired) electrons. The molecule has 1 atom stereocenters. The average molecular weight is 467 g/mol. The molecule has 0 saturated carbocycles. The van der Waals surface area contributed by atoms with Crippen LogP contribution in [-0.2, 0) is 0 Å². The maximum Gasteiger partial charge on any atom is 0.258 e. The standard InChI is InChI=1S/C25H27ClN4OS/c1-4-5-6-14-30-17(3)21(22(27-25(30)32)18-10-12-20(26)13-11-18)24-28-23(29-31-24)19-9-7-8-16(2)15-19/h7-13,15,22H,4-6,14H2,1-3H3,(H,27,32). The number of hydrogen-bond acceptors (Lipinski definition) is 4. The first-order chi connectivity index (χ1) is 15.5. The van der Waals surface area contributed by atoms with Gasteiger partial charge >= 0.3 is 0 Å². The Balaban J connectivity index is 1.77. The number of aromatic nitrogens is 2. The number of nitrogens with one attached hydrogen (secondary N) is 1. The highest BCUT2D eigenvalue weighted by atomic mass is 35.5. The molecular weight excluding hydrogens is 440 g/mol. The number of aryl methyl sites for hydroxylation is 1. The molecule has 1 unspecified atom stereocenters. The molecule has 1 aromatic heterocycles. The first kappa shape index (κ1) is 22.5. The summed E-state index contributed by atoms with van der Waals surface area (Å²) < 4.78 is 5.80. The summed E-state index contributed by atoms with van der Waals surface area (Å²) in [5.74, 6) is 1.07. The fraction of sp³-hybridized carbons (Fsp3) is 0.320.